The molecule has 0 saturated carbocycles. The summed E-state index contributed by atoms with van der Waals surface area (Å²) in [5, 5.41) is 20.8. The Hall–Kier alpha value is -2.93. The smallest absolute Gasteiger partial charge is 0.178 e. The van der Waals surface area contributed by atoms with Crippen LogP contribution in [-0.4, -0.2) is 25.2 Å². The number of aromatic amines is 1. The summed E-state index contributed by atoms with van der Waals surface area (Å²) in [4.78, 5) is 1.26. The summed E-state index contributed by atoms with van der Waals surface area (Å²) in [6, 6.07) is 14.5. The minimum absolute atomic E-state index is 0.695. The zero-order valence-corrected chi connectivity index (χ0v) is 13.9. The minimum atomic E-state index is 0.695. The van der Waals surface area contributed by atoms with E-state index in [1.807, 2.05) is 19.2 Å². The van der Waals surface area contributed by atoms with Crippen LogP contribution in [0.2, 0.25) is 0 Å². The lowest BCUT2D eigenvalue weighted by Crippen LogP contribution is -2.01. The van der Waals surface area contributed by atoms with Crippen molar-refractivity contribution in [3.8, 4) is 21.8 Å². The molecule has 0 spiro atoms. The van der Waals surface area contributed by atoms with Gasteiger partial charge in [0.2, 0.25) is 0 Å². The van der Waals surface area contributed by atoms with E-state index in [-0.39, 0.29) is 0 Å². The van der Waals surface area contributed by atoms with Crippen LogP contribution in [0.5, 0.6) is 0 Å². The normalized spacial score (nSPS) is 10.9. The fraction of sp³-hybridized carbons (Fsp3) is 0.118. The van der Waals surface area contributed by atoms with E-state index in [4.69, 9.17) is 0 Å². The molecule has 0 saturated heterocycles. The lowest BCUT2D eigenvalue weighted by Gasteiger charge is -2.04. The van der Waals surface area contributed by atoms with Crippen LogP contribution in [0.25, 0.3) is 21.8 Å². The van der Waals surface area contributed by atoms with Gasteiger partial charge in [0.25, 0.3) is 0 Å². The first kappa shape index (κ1) is 14.6. The van der Waals surface area contributed by atoms with E-state index >= 15 is 0 Å². The van der Waals surface area contributed by atoms with Gasteiger partial charge >= 0.3 is 0 Å². The largest absolute Gasteiger partial charge is 0.363 e. The van der Waals surface area contributed by atoms with E-state index in [9.17, 15) is 0 Å². The Morgan fingerprint density at radius 3 is 2.83 bits per heavy atom. The molecule has 3 heterocycles. The number of anilines is 1. The molecule has 0 fully saturated rings. The van der Waals surface area contributed by atoms with Crippen LogP contribution in [0.4, 0.5) is 5.82 Å². The van der Waals surface area contributed by atoms with Crippen molar-refractivity contribution in [1.82, 2.24) is 25.2 Å². The number of aryl methyl sites for hydroxylation is 1. The number of hydrogen-bond acceptors (Lipinski definition) is 5. The van der Waals surface area contributed by atoms with Gasteiger partial charge in [0.05, 0.1) is 5.69 Å². The van der Waals surface area contributed by atoms with Gasteiger partial charge in [0, 0.05) is 24.7 Å². The molecule has 0 amide bonds. The molecule has 7 heteroatoms. The first-order valence-corrected chi connectivity index (χ1v) is 8.45. The Labute approximate surface area is 143 Å². The molecule has 4 rings (SSSR count). The summed E-state index contributed by atoms with van der Waals surface area (Å²) in [6.07, 6.45) is 1.75. The maximum Gasteiger partial charge on any atom is 0.178 e. The fourth-order valence-corrected chi connectivity index (χ4v) is 3.47. The van der Waals surface area contributed by atoms with Crippen molar-refractivity contribution in [1.29, 1.82) is 0 Å². The van der Waals surface area contributed by atoms with E-state index in [1.165, 1.54) is 16.0 Å². The molecular weight excluding hydrogens is 320 g/mol. The van der Waals surface area contributed by atoms with Crippen molar-refractivity contribution in [3.05, 3.63) is 59.6 Å². The topological polar surface area (TPSA) is 71.4 Å². The van der Waals surface area contributed by atoms with E-state index in [0.29, 0.717) is 6.54 Å². The fourth-order valence-electron chi connectivity index (χ4n) is 2.55. The van der Waals surface area contributed by atoms with Gasteiger partial charge in [-0.15, -0.1) is 16.4 Å². The van der Waals surface area contributed by atoms with Gasteiger partial charge < -0.3 is 5.32 Å². The Morgan fingerprint density at radius 1 is 1.17 bits per heavy atom. The third kappa shape index (κ3) is 2.81. The quantitative estimate of drug-likeness (QED) is 0.585. The maximum atomic E-state index is 4.23. The molecular formula is C17H16N6S. The molecule has 0 aliphatic heterocycles. The highest BCUT2D eigenvalue weighted by Gasteiger charge is 2.13. The van der Waals surface area contributed by atoms with Crippen LogP contribution >= 0.6 is 11.3 Å². The Bertz CT molecular complexity index is 937. The highest BCUT2D eigenvalue weighted by Crippen LogP contribution is 2.28. The molecule has 0 radical (unpaired) electrons. The number of hydrogen-bond donors (Lipinski definition) is 2. The zero-order chi connectivity index (χ0) is 16.4. The third-order valence-electron chi connectivity index (χ3n) is 3.78. The highest BCUT2D eigenvalue weighted by molar-refractivity contribution is 7.13. The molecule has 2 N–H and O–H groups in total. The molecule has 120 valence electrons. The van der Waals surface area contributed by atoms with Gasteiger partial charge in [-0.3, -0.25) is 4.68 Å². The second kappa shape index (κ2) is 6.29. The summed E-state index contributed by atoms with van der Waals surface area (Å²) < 4.78 is 1.78. The Balaban J connectivity index is 1.50. The average Bonchev–Trinajstić information content (AvgIpc) is 3.34. The molecule has 0 bridgehead atoms. The van der Waals surface area contributed by atoms with Crippen LogP contribution in [0.3, 0.4) is 0 Å². The number of thiophene rings is 1. The van der Waals surface area contributed by atoms with Crippen LogP contribution < -0.4 is 5.32 Å². The zero-order valence-electron chi connectivity index (χ0n) is 13.1. The molecule has 0 aliphatic rings. The van der Waals surface area contributed by atoms with Crippen LogP contribution in [0, 0.1) is 0 Å². The van der Waals surface area contributed by atoms with Gasteiger partial charge in [-0.1, -0.05) is 30.3 Å². The summed E-state index contributed by atoms with van der Waals surface area (Å²) in [5.41, 5.74) is 4.15. The molecule has 6 nitrogen and oxygen atoms in total. The predicted octanol–water partition coefficient (Wildman–Crippen LogP) is 3.55. The van der Waals surface area contributed by atoms with E-state index < -0.39 is 0 Å². The number of aromatic nitrogens is 5. The lowest BCUT2D eigenvalue weighted by molar-refractivity contribution is 0.772. The second-order valence-corrected chi connectivity index (χ2v) is 6.31. The standard InChI is InChI=1S/C17H16N6S/c1-23-14(7-8-19-23)16-17(21-22-20-16)18-10-12-9-15(24-11-12)13-5-3-2-4-6-13/h2-9,11H,10H2,1H3,(H2,18,20,21,22). The first-order valence-electron chi connectivity index (χ1n) is 7.57. The SMILES string of the molecule is Cn1nccc1-c1n[nH]nc1NCc1csc(-c2ccccc2)c1. The number of nitrogens with zero attached hydrogens (tertiary/aromatic N) is 4. The minimum Gasteiger partial charge on any atom is -0.363 e. The number of H-pyrrole nitrogens is 1. The van der Waals surface area contributed by atoms with Gasteiger partial charge in [-0.25, -0.2) is 0 Å². The summed E-state index contributed by atoms with van der Waals surface area (Å²) in [5.74, 6) is 0.728. The van der Waals surface area contributed by atoms with E-state index in [2.05, 4.69) is 61.5 Å². The maximum absolute atomic E-state index is 4.23. The van der Waals surface area contributed by atoms with E-state index in [0.717, 1.165) is 17.2 Å². The van der Waals surface area contributed by atoms with Gasteiger partial charge in [0.15, 0.2) is 11.5 Å². The van der Waals surface area contributed by atoms with Gasteiger partial charge in [0.1, 0.15) is 0 Å². The number of rotatable bonds is 5. The Kier molecular flexibility index (Phi) is 3.84. The van der Waals surface area contributed by atoms with Crippen LogP contribution in [-0.2, 0) is 13.6 Å². The van der Waals surface area contributed by atoms with Crippen molar-refractivity contribution in [2.75, 3.05) is 5.32 Å². The molecule has 0 atom stereocenters. The summed E-state index contributed by atoms with van der Waals surface area (Å²) >= 11 is 1.75. The molecule has 0 unspecified atom stereocenters. The van der Waals surface area contributed by atoms with Crippen molar-refractivity contribution in [2.24, 2.45) is 7.05 Å². The molecule has 3 aromatic heterocycles. The van der Waals surface area contributed by atoms with Crippen LogP contribution in [0.1, 0.15) is 5.56 Å². The van der Waals surface area contributed by atoms with Crippen molar-refractivity contribution in [3.63, 3.8) is 0 Å². The van der Waals surface area contributed by atoms with Crippen molar-refractivity contribution < 1.29 is 0 Å². The monoisotopic (exact) mass is 336 g/mol. The predicted molar refractivity (Wildman–Crippen MR) is 95.7 cm³/mol. The lowest BCUT2D eigenvalue weighted by atomic mass is 10.2. The van der Waals surface area contributed by atoms with Gasteiger partial charge in [-0.2, -0.15) is 15.4 Å². The van der Waals surface area contributed by atoms with Crippen LogP contribution in [0.15, 0.2) is 54.0 Å². The first-order chi connectivity index (χ1) is 11.8. The molecule has 24 heavy (non-hydrogen) atoms. The van der Waals surface area contributed by atoms with Crippen molar-refractivity contribution >= 4 is 17.2 Å². The number of benzene rings is 1. The van der Waals surface area contributed by atoms with Crippen molar-refractivity contribution in [2.45, 2.75) is 6.54 Å². The third-order valence-corrected chi connectivity index (χ3v) is 4.81. The highest BCUT2D eigenvalue weighted by atomic mass is 32.1. The molecule has 4 aromatic rings. The number of nitrogens with one attached hydrogen (secondary N) is 2. The summed E-state index contributed by atoms with van der Waals surface area (Å²) in [6.45, 7) is 0.695. The van der Waals surface area contributed by atoms with Gasteiger partial charge in [-0.05, 0) is 28.6 Å². The Morgan fingerprint density at radius 2 is 2.04 bits per heavy atom. The average molecular weight is 336 g/mol. The second-order valence-electron chi connectivity index (χ2n) is 5.40. The molecule has 0 aliphatic carbocycles. The summed E-state index contributed by atoms with van der Waals surface area (Å²) in [7, 11) is 1.89. The molecule has 1 aromatic carbocycles. The van der Waals surface area contributed by atoms with E-state index in [1.54, 1.807) is 22.2 Å².